The van der Waals surface area contributed by atoms with Crippen molar-refractivity contribution in [1.29, 1.82) is 0 Å². The molecule has 0 bridgehead atoms. The first kappa shape index (κ1) is 15.2. The molecule has 3 atom stereocenters. The fraction of sp³-hybridized carbons (Fsp3) is 0.476. The van der Waals surface area contributed by atoms with Crippen LogP contribution in [-0.4, -0.2) is 35.6 Å². The summed E-state index contributed by atoms with van der Waals surface area (Å²) in [4.78, 5) is 15.2. The lowest BCUT2D eigenvalue weighted by Crippen LogP contribution is -2.48. The molecule has 2 aromatic rings. The van der Waals surface area contributed by atoms with E-state index < -0.39 is 0 Å². The molecular weight excluding hydrogens is 312 g/mol. The number of rotatable bonds is 2. The molecule has 0 aliphatic carbocycles. The predicted octanol–water partition coefficient (Wildman–Crippen LogP) is 3.61. The lowest BCUT2D eigenvalue weighted by atomic mass is 9.76. The van der Waals surface area contributed by atoms with Gasteiger partial charge in [0.1, 0.15) is 5.70 Å². The van der Waals surface area contributed by atoms with Gasteiger partial charge >= 0.3 is 5.97 Å². The van der Waals surface area contributed by atoms with E-state index in [-0.39, 0.29) is 5.97 Å². The van der Waals surface area contributed by atoms with Crippen molar-refractivity contribution in [1.82, 2.24) is 9.47 Å². The van der Waals surface area contributed by atoms with Gasteiger partial charge in [0.15, 0.2) is 0 Å². The van der Waals surface area contributed by atoms with Crippen molar-refractivity contribution < 1.29 is 9.53 Å². The summed E-state index contributed by atoms with van der Waals surface area (Å²) in [6, 6.07) is 8.90. The van der Waals surface area contributed by atoms with Gasteiger partial charge in [-0.3, -0.25) is 4.90 Å². The lowest BCUT2D eigenvalue weighted by Gasteiger charge is -2.48. The second-order valence-corrected chi connectivity index (χ2v) is 7.62. The number of para-hydroxylation sites is 1. The molecule has 3 aliphatic heterocycles. The second kappa shape index (κ2) is 5.46. The number of carbonyl (C=O) groups excluding carboxylic acids is 1. The Morgan fingerprint density at radius 3 is 2.96 bits per heavy atom. The van der Waals surface area contributed by atoms with Crippen LogP contribution in [0.3, 0.4) is 0 Å². The molecule has 1 saturated heterocycles. The fourth-order valence-corrected chi connectivity index (χ4v) is 5.32. The SMILES string of the molecule is CC[C@H]1C[C@H]2C=C(C(=O)OC)n3c4c(c5ccccc53)CCN(C1)[C@H]42. The van der Waals surface area contributed by atoms with Crippen LogP contribution >= 0.6 is 0 Å². The Morgan fingerprint density at radius 2 is 2.16 bits per heavy atom. The third-order valence-electron chi connectivity index (χ3n) is 6.43. The van der Waals surface area contributed by atoms with Crippen LogP contribution in [0.4, 0.5) is 0 Å². The Kier molecular flexibility index (Phi) is 3.32. The highest BCUT2D eigenvalue weighted by molar-refractivity contribution is 6.13. The van der Waals surface area contributed by atoms with Gasteiger partial charge in [-0.2, -0.15) is 0 Å². The largest absolute Gasteiger partial charge is 0.464 e. The van der Waals surface area contributed by atoms with E-state index >= 15 is 0 Å². The Labute approximate surface area is 148 Å². The zero-order chi connectivity index (χ0) is 17.1. The van der Waals surface area contributed by atoms with Crippen molar-refractivity contribution in [2.75, 3.05) is 20.2 Å². The maximum Gasteiger partial charge on any atom is 0.354 e. The minimum atomic E-state index is -0.224. The van der Waals surface area contributed by atoms with E-state index in [0.717, 1.165) is 18.5 Å². The Hall–Kier alpha value is -2.07. The number of hydrogen-bond donors (Lipinski definition) is 0. The third-order valence-corrected chi connectivity index (χ3v) is 6.43. The number of carbonyl (C=O) groups is 1. The van der Waals surface area contributed by atoms with E-state index in [2.05, 4.69) is 46.7 Å². The van der Waals surface area contributed by atoms with E-state index in [9.17, 15) is 4.79 Å². The van der Waals surface area contributed by atoms with Gasteiger partial charge in [-0.1, -0.05) is 31.5 Å². The summed E-state index contributed by atoms with van der Waals surface area (Å²) in [7, 11) is 1.48. The van der Waals surface area contributed by atoms with Crippen LogP contribution in [0.5, 0.6) is 0 Å². The summed E-state index contributed by atoms with van der Waals surface area (Å²) in [6.07, 6.45) is 5.63. The Morgan fingerprint density at radius 1 is 1.32 bits per heavy atom. The summed E-state index contributed by atoms with van der Waals surface area (Å²) < 4.78 is 7.33. The van der Waals surface area contributed by atoms with Crippen molar-refractivity contribution in [3.05, 3.63) is 41.6 Å². The molecule has 0 saturated carbocycles. The third kappa shape index (κ3) is 2.00. The summed E-state index contributed by atoms with van der Waals surface area (Å²) in [5.74, 6) is 0.898. The second-order valence-electron chi connectivity index (χ2n) is 7.62. The molecule has 0 radical (unpaired) electrons. The van der Waals surface area contributed by atoms with E-state index in [0.29, 0.717) is 23.6 Å². The molecular formula is C21H24N2O2. The minimum Gasteiger partial charge on any atom is -0.464 e. The maximum atomic E-state index is 12.6. The molecule has 3 aliphatic rings. The summed E-state index contributed by atoms with van der Waals surface area (Å²) >= 11 is 0. The van der Waals surface area contributed by atoms with Crippen LogP contribution in [0, 0.1) is 11.8 Å². The number of esters is 1. The van der Waals surface area contributed by atoms with Gasteiger partial charge in [0.2, 0.25) is 0 Å². The first-order valence-electron chi connectivity index (χ1n) is 9.39. The number of piperidine rings is 1. The van der Waals surface area contributed by atoms with Crippen LogP contribution in [0.1, 0.15) is 37.1 Å². The molecule has 1 fully saturated rings. The summed E-state index contributed by atoms with van der Waals surface area (Å²) in [5, 5.41) is 1.30. The zero-order valence-corrected chi connectivity index (χ0v) is 14.9. The van der Waals surface area contributed by atoms with Crippen LogP contribution in [0.25, 0.3) is 16.6 Å². The molecule has 0 amide bonds. The summed E-state index contributed by atoms with van der Waals surface area (Å²) in [6.45, 7) is 4.59. The molecule has 4 nitrogen and oxygen atoms in total. The Bertz CT molecular complexity index is 895. The van der Waals surface area contributed by atoms with E-state index in [4.69, 9.17) is 4.74 Å². The minimum absolute atomic E-state index is 0.224. The number of nitrogens with zero attached hydrogens (tertiary/aromatic N) is 2. The molecule has 25 heavy (non-hydrogen) atoms. The zero-order valence-electron chi connectivity index (χ0n) is 14.9. The topological polar surface area (TPSA) is 34.5 Å². The van der Waals surface area contributed by atoms with Gasteiger partial charge in [-0.25, -0.2) is 4.79 Å². The van der Waals surface area contributed by atoms with Gasteiger partial charge in [0.25, 0.3) is 0 Å². The number of benzene rings is 1. The average Bonchev–Trinajstić information content (AvgIpc) is 3.00. The standard InChI is InChI=1S/C21H24N2O2/c1-3-13-10-14-11-18(21(24)25-2)23-17-7-5-4-6-15(17)16-8-9-22(12-13)19(14)20(16)23/h4-7,11,13-14,19H,3,8-10,12H2,1-2H3/t13-,14-,19-/m0/s1. The fourth-order valence-electron chi connectivity index (χ4n) is 5.32. The highest BCUT2D eigenvalue weighted by Crippen LogP contribution is 2.50. The molecule has 0 unspecified atom stereocenters. The number of hydrogen-bond acceptors (Lipinski definition) is 3. The van der Waals surface area contributed by atoms with Gasteiger partial charge < -0.3 is 9.30 Å². The smallest absolute Gasteiger partial charge is 0.354 e. The molecule has 4 heterocycles. The monoisotopic (exact) mass is 336 g/mol. The van der Waals surface area contributed by atoms with Gasteiger partial charge in [-0.05, 0) is 36.5 Å². The molecule has 130 valence electrons. The Balaban J connectivity index is 1.79. The molecule has 5 rings (SSSR count). The number of fused-ring (bicyclic) bond motifs is 3. The molecule has 0 spiro atoms. The number of methoxy groups -OCH3 is 1. The first-order valence-corrected chi connectivity index (χ1v) is 9.39. The highest BCUT2D eigenvalue weighted by atomic mass is 16.5. The van der Waals surface area contributed by atoms with Gasteiger partial charge in [-0.15, -0.1) is 0 Å². The molecule has 1 aromatic heterocycles. The van der Waals surface area contributed by atoms with Gasteiger partial charge in [0.05, 0.1) is 18.7 Å². The van der Waals surface area contributed by atoms with Crippen LogP contribution in [0.15, 0.2) is 30.3 Å². The van der Waals surface area contributed by atoms with Crippen molar-refractivity contribution in [2.24, 2.45) is 11.8 Å². The molecule has 0 N–H and O–H groups in total. The lowest BCUT2D eigenvalue weighted by molar-refractivity contribution is -0.134. The van der Waals surface area contributed by atoms with Crippen LogP contribution in [-0.2, 0) is 16.0 Å². The summed E-state index contributed by atoms with van der Waals surface area (Å²) in [5.41, 5.74) is 4.63. The maximum absolute atomic E-state index is 12.6. The molecule has 1 aromatic carbocycles. The number of aromatic nitrogens is 1. The van der Waals surface area contributed by atoms with Crippen LogP contribution < -0.4 is 0 Å². The average molecular weight is 336 g/mol. The van der Waals surface area contributed by atoms with Crippen molar-refractivity contribution in [3.8, 4) is 0 Å². The van der Waals surface area contributed by atoms with Crippen molar-refractivity contribution in [3.63, 3.8) is 0 Å². The van der Waals surface area contributed by atoms with E-state index in [1.807, 2.05) is 0 Å². The molecule has 4 heteroatoms. The van der Waals surface area contributed by atoms with E-state index in [1.54, 1.807) is 0 Å². The van der Waals surface area contributed by atoms with Crippen molar-refractivity contribution in [2.45, 2.75) is 32.2 Å². The van der Waals surface area contributed by atoms with Crippen molar-refractivity contribution >= 4 is 22.6 Å². The number of ether oxygens (including phenoxy) is 1. The highest BCUT2D eigenvalue weighted by Gasteiger charge is 2.45. The predicted molar refractivity (Wildman–Crippen MR) is 98.1 cm³/mol. The van der Waals surface area contributed by atoms with E-state index in [1.165, 1.54) is 43.1 Å². The quantitative estimate of drug-likeness (QED) is 0.786. The van der Waals surface area contributed by atoms with Crippen LogP contribution in [0.2, 0.25) is 0 Å². The first-order chi connectivity index (χ1) is 12.2. The normalized spacial score (nSPS) is 27.8. The van der Waals surface area contributed by atoms with Gasteiger partial charge in [0, 0.05) is 30.1 Å².